The molecular weight excluding hydrogens is 385 g/mol. The summed E-state index contributed by atoms with van der Waals surface area (Å²) in [6.45, 7) is 5.46. The van der Waals surface area contributed by atoms with E-state index in [2.05, 4.69) is 12.2 Å². The van der Waals surface area contributed by atoms with Crippen LogP contribution in [0.4, 0.5) is 9.18 Å². The molecule has 30 heavy (non-hydrogen) atoms. The second kappa shape index (κ2) is 7.38. The Labute approximate surface area is 175 Å². The molecule has 1 saturated heterocycles. The number of ketones is 1. The number of nitrogens with zero attached hydrogens (tertiary/aromatic N) is 2. The molecule has 7 heteroatoms. The van der Waals surface area contributed by atoms with Gasteiger partial charge >= 0.3 is 6.03 Å². The van der Waals surface area contributed by atoms with Gasteiger partial charge in [-0.1, -0.05) is 13.0 Å². The van der Waals surface area contributed by atoms with Crippen LogP contribution in [0.1, 0.15) is 54.4 Å². The number of urea groups is 1. The third-order valence-electron chi connectivity index (χ3n) is 6.47. The van der Waals surface area contributed by atoms with Crippen molar-refractivity contribution in [3.05, 3.63) is 53.1 Å². The van der Waals surface area contributed by atoms with Gasteiger partial charge < -0.3 is 9.88 Å². The lowest BCUT2D eigenvalue weighted by Crippen LogP contribution is -2.49. The van der Waals surface area contributed by atoms with Crippen LogP contribution in [0.5, 0.6) is 0 Å². The fourth-order valence-corrected chi connectivity index (χ4v) is 4.70. The zero-order valence-electron chi connectivity index (χ0n) is 17.5. The molecule has 6 nitrogen and oxygen atoms in total. The molecule has 158 valence electrons. The molecule has 1 N–H and O–H groups in total. The first-order valence-corrected chi connectivity index (χ1v) is 10.3. The van der Waals surface area contributed by atoms with Crippen LogP contribution in [-0.2, 0) is 4.79 Å². The first-order valence-electron chi connectivity index (χ1n) is 10.3. The van der Waals surface area contributed by atoms with E-state index >= 15 is 0 Å². The number of carbonyl (C=O) groups excluding carboxylic acids is 3. The molecule has 1 aromatic heterocycles. The first-order chi connectivity index (χ1) is 14.2. The van der Waals surface area contributed by atoms with E-state index in [-0.39, 0.29) is 24.1 Å². The number of nitrogens with one attached hydrogen (secondary N) is 1. The highest BCUT2D eigenvalue weighted by Crippen LogP contribution is 2.36. The predicted molar refractivity (Wildman–Crippen MR) is 110 cm³/mol. The lowest BCUT2D eigenvalue weighted by molar-refractivity contribution is -0.132. The maximum Gasteiger partial charge on any atom is 0.325 e. The van der Waals surface area contributed by atoms with Crippen molar-refractivity contribution in [2.45, 2.75) is 52.0 Å². The highest BCUT2D eigenvalue weighted by atomic mass is 19.1. The topological polar surface area (TPSA) is 71.4 Å². The van der Waals surface area contributed by atoms with E-state index in [1.165, 1.54) is 12.1 Å². The summed E-state index contributed by atoms with van der Waals surface area (Å²) in [7, 11) is 0. The Morgan fingerprint density at radius 3 is 2.57 bits per heavy atom. The van der Waals surface area contributed by atoms with E-state index in [9.17, 15) is 18.8 Å². The first kappa shape index (κ1) is 20.3. The molecule has 1 aliphatic carbocycles. The SMILES string of the molecule is Cc1cc(C(=O)CN2C(=O)NC3(CCC(C)CC3)C2=O)c(C)n1-c1cccc(F)c1. The lowest BCUT2D eigenvalue weighted by atomic mass is 9.77. The van der Waals surface area contributed by atoms with Gasteiger partial charge in [0.2, 0.25) is 0 Å². The molecule has 2 aliphatic rings. The van der Waals surface area contributed by atoms with Crippen molar-refractivity contribution in [1.82, 2.24) is 14.8 Å². The average molecular weight is 411 g/mol. The minimum Gasteiger partial charge on any atom is -0.323 e. The van der Waals surface area contributed by atoms with Crippen molar-refractivity contribution < 1.29 is 18.8 Å². The van der Waals surface area contributed by atoms with Gasteiger partial charge in [0, 0.05) is 22.6 Å². The Morgan fingerprint density at radius 2 is 1.90 bits per heavy atom. The van der Waals surface area contributed by atoms with E-state index in [1.807, 2.05) is 6.92 Å². The Hall–Kier alpha value is -2.96. The summed E-state index contributed by atoms with van der Waals surface area (Å²) < 4.78 is 15.5. The number of Topliss-reactive ketones (excluding diaryl/α,β-unsaturated/α-hetero) is 1. The van der Waals surface area contributed by atoms with Gasteiger partial charge in [-0.25, -0.2) is 9.18 Å². The summed E-state index contributed by atoms with van der Waals surface area (Å²) in [6, 6.07) is 7.37. The summed E-state index contributed by atoms with van der Waals surface area (Å²) >= 11 is 0. The summed E-state index contributed by atoms with van der Waals surface area (Å²) in [5.41, 5.74) is 1.61. The molecular formula is C23H26FN3O3. The number of amides is 3. The monoisotopic (exact) mass is 411 g/mol. The number of imide groups is 1. The normalized spacial score (nSPS) is 23.9. The second-order valence-electron chi connectivity index (χ2n) is 8.61. The molecule has 0 bridgehead atoms. The second-order valence-corrected chi connectivity index (χ2v) is 8.61. The van der Waals surface area contributed by atoms with E-state index in [0.717, 1.165) is 23.4 Å². The molecule has 0 unspecified atom stereocenters. The van der Waals surface area contributed by atoms with Crippen molar-refractivity contribution in [2.75, 3.05) is 6.54 Å². The van der Waals surface area contributed by atoms with E-state index in [4.69, 9.17) is 0 Å². The molecule has 3 amide bonds. The largest absolute Gasteiger partial charge is 0.325 e. The van der Waals surface area contributed by atoms with Crippen molar-refractivity contribution in [3.8, 4) is 5.69 Å². The maximum absolute atomic E-state index is 13.7. The van der Waals surface area contributed by atoms with Crippen molar-refractivity contribution in [1.29, 1.82) is 0 Å². The van der Waals surface area contributed by atoms with Gasteiger partial charge in [0.15, 0.2) is 5.78 Å². The lowest BCUT2D eigenvalue weighted by Gasteiger charge is -2.33. The van der Waals surface area contributed by atoms with Crippen LogP contribution >= 0.6 is 0 Å². The van der Waals surface area contributed by atoms with Gasteiger partial charge in [-0.3, -0.25) is 14.5 Å². The van der Waals surface area contributed by atoms with Gasteiger partial charge in [0.25, 0.3) is 5.91 Å². The minimum atomic E-state index is -0.859. The van der Waals surface area contributed by atoms with Gasteiger partial charge in [0.1, 0.15) is 11.4 Å². The summed E-state index contributed by atoms with van der Waals surface area (Å²) in [4.78, 5) is 39.6. The Bertz CT molecular complexity index is 1030. The molecule has 4 rings (SSSR count). The van der Waals surface area contributed by atoms with Gasteiger partial charge in [-0.2, -0.15) is 0 Å². The number of aromatic nitrogens is 1. The zero-order valence-corrected chi connectivity index (χ0v) is 17.5. The number of halogens is 1. The molecule has 1 spiro atoms. The number of carbonyl (C=O) groups is 3. The third-order valence-corrected chi connectivity index (χ3v) is 6.47. The minimum absolute atomic E-state index is 0.296. The highest BCUT2D eigenvalue weighted by Gasteiger charge is 2.52. The number of hydrogen-bond donors (Lipinski definition) is 1. The Balaban J connectivity index is 1.57. The molecule has 2 heterocycles. The molecule has 2 aromatic rings. The number of benzene rings is 1. The van der Waals surface area contributed by atoms with E-state index in [1.54, 1.807) is 29.7 Å². The van der Waals surface area contributed by atoms with Crippen molar-refractivity contribution in [2.24, 2.45) is 5.92 Å². The van der Waals surface area contributed by atoms with Crippen LogP contribution in [0.3, 0.4) is 0 Å². The molecule has 1 aromatic carbocycles. The summed E-state index contributed by atoms with van der Waals surface area (Å²) in [5, 5.41) is 2.85. The van der Waals surface area contributed by atoms with E-state index in [0.29, 0.717) is 35.7 Å². The summed E-state index contributed by atoms with van der Waals surface area (Å²) in [5.74, 6) is -0.439. The van der Waals surface area contributed by atoms with Gasteiger partial charge in [-0.15, -0.1) is 0 Å². The summed E-state index contributed by atoms with van der Waals surface area (Å²) in [6.07, 6.45) is 2.97. The number of rotatable bonds is 4. The zero-order chi connectivity index (χ0) is 21.6. The number of hydrogen-bond acceptors (Lipinski definition) is 3. The van der Waals surface area contributed by atoms with Crippen LogP contribution in [0, 0.1) is 25.6 Å². The molecule has 0 atom stereocenters. The molecule has 1 saturated carbocycles. The molecule has 0 radical (unpaired) electrons. The van der Waals surface area contributed by atoms with Crippen LogP contribution < -0.4 is 5.32 Å². The van der Waals surface area contributed by atoms with Crippen LogP contribution in [0.15, 0.2) is 30.3 Å². The number of aryl methyl sites for hydroxylation is 1. The van der Waals surface area contributed by atoms with Gasteiger partial charge in [-0.05, 0) is 69.7 Å². The van der Waals surface area contributed by atoms with Crippen molar-refractivity contribution in [3.63, 3.8) is 0 Å². The smallest absolute Gasteiger partial charge is 0.323 e. The fourth-order valence-electron chi connectivity index (χ4n) is 4.70. The van der Waals surface area contributed by atoms with Crippen LogP contribution in [0.2, 0.25) is 0 Å². The Morgan fingerprint density at radius 1 is 1.20 bits per heavy atom. The van der Waals surface area contributed by atoms with Gasteiger partial charge in [0.05, 0.1) is 6.54 Å². The van der Waals surface area contributed by atoms with Crippen LogP contribution in [0.25, 0.3) is 5.69 Å². The quantitative estimate of drug-likeness (QED) is 0.612. The maximum atomic E-state index is 13.7. The molecule has 1 aliphatic heterocycles. The standard InChI is InChI=1S/C23H26FN3O3/c1-14-7-9-23(10-8-14)21(29)26(22(30)25-23)13-20(28)19-11-15(2)27(16(19)3)18-6-4-5-17(24)12-18/h4-6,11-12,14H,7-10,13H2,1-3H3,(H,25,30). The van der Waals surface area contributed by atoms with E-state index < -0.39 is 11.6 Å². The average Bonchev–Trinajstić information content (AvgIpc) is 3.12. The third kappa shape index (κ3) is 3.32. The highest BCUT2D eigenvalue weighted by molar-refractivity contribution is 6.11. The van der Waals surface area contributed by atoms with Crippen molar-refractivity contribution >= 4 is 17.7 Å². The van der Waals surface area contributed by atoms with Crippen LogP contribution in [-0.4, -0.2) is 39.3 Å². The molecule has 2 fully saturated rings. The predicted octanol–water partition coefficient (Wildman–Crippen LogP) is 3.92. The fraction of sp³-hybridized carbons (Fsp3) is 0.435. The Kier molecular flexibility index (Phi) is 5.00.